The Kier molecular flexibility index (Phi) is 8.64. The number of carbonyl (C=O) groups excluding carboxylic acids is 1. The van der Waals surface area contributed by atoms with Crippen molar-refractivity contribution in [1.82, 2.24) is 14.8 Å². The molecule has 3 aromatic carbocycles. The summed E-state index contributed by atoms with van der Waals surface area (Å²) < 4.78 is 22.3. The number of rotatable bonds is 12. The van der Waals surface area contributed by atoms with Crippen molar-refractivity contribution < 1.29 is 28.7 Å². The molecular formula is C27H28N6O7. The molecule has 0 fully saturated rings. The fraction of sp³-hybridized carbons (Fsp3) is 0.222. The van der Waals surface area contributed by atoms with E-state index in [2.05, 4.69) is 20.7 Å². The molecule has 40 heavy (non-hydrogen) atoms. The Morgan fingerprint density at radius 3 is 1.93 bits per heavy atom. The molecule has 2 N–H and O–H groups in total. The second-order valence-corrected chi connectivity index (χ2v) is 8.34. The zero-order valence-electron chi connectivity index (χ0n) is 22.3. The van der Waals surface area contributed by atoms with Crippen LogP contribution in [0.2, 0.25) is 0 Å². The molecule has 0 spiro atoms. The highest BCUT2D eigenvalue weighted by atomic mass is 16.6. The third-order valence-corrected chi connectivity index (χ3v) is 5.93. The molecule has 208 valence electrons. The number of nitro groups is 1. The zero-order valence-corrected chi connectivity index (χ0v) is 22.3. The number of aromatic nitrogens is 3. The largest absolute Gasteiger partial charge is 0.493 e. The summed E-state index contributed by atoms with van der Waals surface area (Å²) in [6.07, 6.45) is 0. The number of methoxy groups -OCH3 is 4. The summed E-state index contributed by atoms with van der Waals surface area (Å²) in [5.74, 6) is 1.77. The van der Waals surface area contributed by atoms with Crippen molar-refractivity contribution in [3.63, 3.8) is 0 Å². The Balaban J connectivity index is 1.63. The van der Waals surface area contributed by atoms with Gasteiger partial charge in [0.25, 0.3) is 11.6 Å². The van der Waals surface area contributed by atoms with Gasteiger partial charge < -0.3 is 29.6 Å². The normalized spacial score (nSPS) is 10.5. The number of hydrogen-bond acceptors (Lipinski definition) is 11. The topological polar surface area (TPSA) is 152 Å². The maximum atomic E-state index is 13.5. The van der Waals surface area contributed by atoms with Crippen molar-refractivity contribution in [1.29, 1.82) is 0 Å². The molecule has 4 aromatic rings. The van der Waals surface area contributed by atoms with Crippen molar-refractivity contribution in [2.75, 3.05) is 39.1 Å². The lowest BCUT2D eigenvalue weighted by Crippen LogP contribution is -2.19. The molecule has 0 aliphatic heterocycles. The van der Waals surface area contributed by atoms with Gasteiger partial charge in [-0.15, -0.1) is 5.10 Å². The summed E-state index contributed by atoms with van der Waals surface area (Å²) in [4.78, 5) is 28.8. The van der Waals surface area contributed by atoms with E-state index in [0.717, 1.165) is 15.8 Å². The Labute approximate surface area is 229 Å². The molecule has 0 bridgehead atoms. The second kappa shape index (κ2) is 12.5. The molecule has 0 radical (unpaired) electrons. The number of carbonyl (C=O) groups is 1. The van der Waals surface area contributed by atoms with Gasteiger partial charge in [0.05, 0.1) is 33.4 Å². The minimum absolute atomic E-state index is 0.0905. The van der Waals surface area contributed by atoms with Gasteiger partial charge in [0.2, 0.25) is 11.9 Å². The van der Waals surface area contributed by atoms with Crippen LogP contribution in [0.15, 0.2) is 60.7 Å². The lowest BCUT2D eigenvalue weighted by molar-refractivity contribution is -0.385. The smallest absolute Gasteiger partial charge is 0.288 e. The third kappa shape index (κ3) is 6.04. The van der Waals surface area contributed by atoms with Gasteiger partial charge >= 0.3 is 0 Å². The number of nitro benzene ring substituents is 1. The quantitative estimate of drug-likeness (QED) is 0.194. The summed E-state index contributed by atoms with van der Waals surface area (Å²) in [6.45, 7) is 0.553. The average molecular weight is 549 g/mol. The van der Waals surface area contributed by atoms with Gasteiger partial charge in [-0.1, -0.05) is 24.3 Å². The summed E-state index contributed by atoms with van der Waals surface area (Å²) in [5.41, 5.74) is 1.19. The molecule has 0 saturated heterocycles. The Bertz CT molecular complexity index is 1520. The Morgan fingerprint density at radius 2 is 1.38 bits per heavy atom. The van der Waals surface area contributed by atoms with E-state index in [9.17, 15) is 14.9 Å². The first kappa shape index (κ1) is 27.7. The SMILES string of the molecule is COc1ccc(CNc2nc(NCc3ccc(OC)c(OC)c3)n(C(=O)c3ccccc3[N+](=O)[O-])n2)cc1OC. The van der Waals surface area contributed by atoms with E-state index in [-0.39, 0.29) is 29.7 Å². The van der Waals surface area contributed by atoms with Crippen molar-refractivity contribution >= 4 is 23.5 Å². The molecule has 0 aliphatic rings. The van der Waals surface area contributed by atoms with E-state index < -0.39 is 10.8 Å². The number of benzene rings is 3. The van der Waals surface area contributed by atoms with Crippen molar-refractivity contribution in [2.45, 2.75) is 13.1 Å². The van der Waals surface area contributed by atoms with Crippen LogP contribution in [-0.2, 0) is 13.1 Å². The first-order valence-electron chi connectivity index (χ1n) is 12.0. The minimum atomic E-state index is -0.714. The molecule has 13 nitrogen and oxygen atoms in total. The Hall–Kier alpha value is -5.33. The lowest BCUT2D eigenvalue weighted by atomic mass is 10.1. The molecule has 0 saturated carbocycles. The minimum Gasteiger partial charge on any atom is -0.493 e. The molecule has 4 rings (SSSR count). The van der Waals surface area contributed by atoms with Crippen LogP contribution < -0.4 is 29.6 Å². The van der Waals surface area contributed by atoms with Gasteiger partial charge in [-0.2, -0.15) is 9.67 Å². The molecule has 13 heteroatoms. The number of anilines is 2. The van der Waals surface area contributed by atoms with E-state index in [1.807, 2.05) is 12.1 Å². The standard InChI is InChI=1S/C27H28N6O7/c1-37-21-11-9-17(13-23(21)39-3)15-28-26-30-27(29-16-18-10-12-22(38-2)24(14-18)40-4)32(31-26)25(34)19-7-5-6-8-20(19)33(35)36/h5-14H,15-16H2,1-4H3,(H2,28,29,30,31). The van der Waals surface area contributed by atoms with Crippen LogP contribution in [0.5, 0.6) is 23.0 Å². The van der Waals surface area contributed by atoms with Crippen LogP contribution in [0, 0.1) is 10.1 Å². The van der Waals surface area contributed by atoms with E-state index in [4.69, 9.17) is 18.9 Å². The first-order valence-corrected chi connectivity index (χ1v) is 12.0. The molecule has 1 aromatic heterocycles. The predicted octanol–water partition coefficient (Wildman–Crippen LogP) is 4.13. The van der Waals surface area contributed by atoms with Gasteiger partial charge in [0, 0.05) is 19.2 Å². The molecule has 1 heterocycles. The fourth-order valence-corrected chi connectivity index (χ4v) is 3.91. The highest BCUT2D eigenvalue weighted by Gasteiger charge is 2.25. The Morgan fingerprint density at radius 1 is 0.825 bits per heavy atom. The van der Waals surface area contributed by atoms with E-state index in [1.165, 1.54) is 25.3 Å². The molecule has 0 atom stereocenters. The highest BCUT2D eigenvalue weighted by molar-refractivity contribution is 6.00. The fourth-order valence-electron chi connectivity index (χ4n) is 3.91. The number of hydrogen-bond donors (Lipinski definition) is 2. The van der Waals surface area contributed by atoms with Gasteiger partial charge in [0.1, 0.15) is 5.56 Å². The molecule has 0 amide bonds. The summed E-state index contributed by atoms with van der Waals surface area (Å²) in [6, 6.07) is 16.5. The monoisotopic (exact) mass is 548 g/mol. The van der Waals surface area contributed by atoms with Gasteiger partial charge in [-0.25, -0.2) is 0 Å². The lowest BCUT2D eigenvalue weighted by Gasteiger charge is -2.11. The van der Waals surface area contributed by atoms with Gasteiger partial charge in [-0.3, -0.25) is 14.9 Å². The second-order valence-electron chi connectivity index (χ2n) is 8.34. The van der Waals surface area contributed by atoms with Crippen LogP contribution in [0.1, 0.15) is 21.5 Å². The van der Waals surface area contributed by atoms with E-state index >= 15 is 0 Å². The van der Waals surface area contributed by atoms with Crippen LogP contribution >= 0.6 is 0 Å². The van der Waals surface area contributed by atoms with Crippen molar-refractivity contribution in [3.8, 4) is 23.0 Å². The van der Waals surface area contributed by atoms with E-state index in [0.29, 0.717) is 29.5 Å². The average Bonchev–Trinajstić information content (AvgIpc) is 3.41. The van der Waals surface area contributed by atoms with Gasteiger partial charge in [0.15, 0.2) is 23.0 Å². The number of nitrogens with zero attached hydrogens (tertiary/aromatic N) is 4. The van der Waals surface area contributed by atoms with Crippen LogP contribution in [-0.4, -0.2) is 54.0 Å². The van der Waals surface area contributed by atoms with Crippen LogP contribution in [0.3, 0.4) is 0 Å². The van der Waals surface area contributed by atoms with Crippen LogP contribution in [0.4, 0.5) is 17.6 Å². The molecular weight excluding hydrogens is 520 g/mol. The van der Waals surface area contributed by atoms with Gasteiger partial charge in [-0.05, 0) is 41.5 Å². The molecule has 0 unspecified atom stereocenters. The highest BCUT2D eigenvalue weighted by Crippen LogP contribution is 2.29. The summed E-state index contributed by atoms with van der Waals surface area (Å²) in [5, 5.41) is 22.1. The number of ether oxygens (including phenoxy) is 4. The summed E-state index contributed by atoms with van der Waals surface area (Å²) in [7, 11) is 6.18. The van der Waals surface area contributed by atoms with Crippen molar-refractivity contribution in [3.05, 3.63) is 87.5 Å². The maximum absolute atomic E-state index is 13.5. The predicted molar refractivity (Wildman–Crippen MR) is 147 cm³/mol. The molecule has 0 aliphatic carbocycles. The maximum Gasteiger partial charge on any atom is 0.288 e. The van der Waals surface area contributed by atoms with Crippen molar-refractivity contribution in [2.24, 2.45) is 0 Å². The number of nitrogens with one attached hydrogen (secondary N) is 2. The van der Waals surface area contributed by atoms with Crippen LogP contribution in [0.25, 0.3) is 0 Å². The zero-order chi connectivity index (χ0) is 28.6. The third-order valence-electron chi connectivity index (χ3n) is 5.93. The number of para-hydroxylation sites is 1. The first-order chi connectivity index (χ1) is 19.4. The summed E-state index contributed by atoms with van der Waals surface area (Å²) >= 11 is 0. The van der Waals surface area contributed by atoms with E-state index in [1.54, 1.807) is 51.7 Å².